The van der Waals surface area contributed by atoms with Crippen LogP contribution in [-0.4, -0.2) is 66.0 Å². The number of aryl methyl sites for hydroxylation is 1. The van der Waals surface area contributed by atoms with Crippen molar-refractivity contribution in [3.05, 3.63) is 101 Å². The molecule has 1 aliphatic heterocycles. The van der Waals surface area contributed by atoms with Crippen LogP contribution in [0.25, 0.3) is 16.6 Å². The number of para-hydroxylation sites is 1. The SMILES string of the molecule is Cc1cc(Oc2cccc(C(C)(C)C)c2)ccc1-n1ncc(C2COCC(C(=O)c3cc4ccccc4n3COCC[Si](C)(C)C)N2C)c1N. The number of hydrogen-bond donors (Lipinski definition) is 1. The van der Waals surface area contributed by atoms with Crippen molar-refractivity contribution in [3.63, 3.8) is 0 Å². The van der Waals surface area contributed by atoms with E-state index in [2.05, 4.69) is 57.4 Å². The third-order valence-corrected chi connectivity index (χ3v) is 11.3. The van der Waals surface area contributed by atoms with Crippen LogP contribution >= 0.6 is 0 Å². The number of ether oxygens (including phenoxy) is 3. The molecule has 0 saturated carbocycles. The van der Waals surface area contributed by atoms with Crippen LogP contribution in [0, 0.1) is 6.92 Å². The van der Waals surface area contributed by atoms with Gasteiger partial charge >= 0.3 is 0 Å². The van der Waals surface area contributed by atoms with Gasteiger partial charge in [0.1, 0.15) is 24.0 Å². The Labute approximate surface area is 296 Å². The number of likely N-dealkylation sites (N-methyl/N-ethyl adjacent to an activating group) is 1. The Kier molecular flexibility index (Phi) is 10.1. The average molecular weight is 694 g/mol. The van der Waals surface area contributed by atoms with E-state index in [0.29, 0.717) is 31.5 Å². The minimum absolute atomic E-state index is 0.00682. The number of nitrogen functional groups attached to an aromatic ring is 1. The molecule has 6 rings (SSSR count). The fraction of sp³-hybridized carbons (Fsp3) is 0.400. The summed E-state index contributed by atoms with van der Waals surface area (Å²) in [6.07, 6.45) is 1.79. The molecule has 0 bridgehead atoms. The normalized spacial score (nSPS) is 17.4. The molecule has 1 aliphatic rings. The second-order valence-corrected chi connectivity index (χ2v) is 21.3. The minimum Gasteiger partial charge on any atom is -0.457 e. The zero-order valence-corrected chi connectivity index (χ0v) is 31.7. The van der Waals surface area contributed by atoms with E-state index in [1.807, 2.05) is 79.2 Å². The smallest absolute Gasteiger partial charge is 0.198 e. The van der Waals surface area contributed by atoms with Crippen molar-refractivity contribution < 1.29 is 19.0 Å². The maximum Gasteiger partial charge on any atom is 0.198 e. The molecule has 3 heterocycles. The van der Waals surface area contributed by atoms with E-state index in [4.69, 9.17) is 25.0 Å². The predicted octanol–water partition coefficient (Wildman–Crippen LogP) is 8.37. The minimum atomic E-state index is -1.24. The molecule has 0 amide bonds. The summed E-state index contributed by atoms with van der Waals surface area (Å²) in [7, 11) is 0.725. The summed E-state index contributed by atoms with van der Waals surface area (Å²) in [5.41, 5.74) is 12.3. The van der Waals surface area contributed by atoms with Gasteiger partial charge in [-0.3, -0.25) is 9.69 Å². The van der Waals surface area contributed by atoms with E-state index in [9.17, 15) is 4.79 Å². The molecule has 1 fully saturated rings. The highest BCUT2D eigenvalue weighted by molar-refractivity contribution is 6.76. The van der Waals surface area contributed by atoms with Crippen LogP contribution < -0.4 is 10.5 Å². The maximum atomic E-state index is 14.3. The van der Waals surface area contributed by atoms with E-state index in [0.717, 1.165) is 45.3 Å². The summed E-state index contributed by atoms with van der Waals surface area (Å²) in [4.78, 5) is 16.4. The Balaban J connectivity index is 1.21. The van der Waals surface area contributed by atoms with Gasteiger partial charge in [-0.2, -0.15) is 5.10 Å². The molecule has 0 aliphatic carbocycles. The molecule has 264 valence electrons. The highest BCUT2D eigenvalue weighted by Crippen LogP contribution is 2.35. The van der Waals surface area contributed by atoms with E-state index in [1.54, 1.807) is 10.9 Å². The standard InChI is InChI=1S/C40H51N5O4Si/c1-27-20-31(49-30-14-11-13-29(22-30)40(2,3)4)16-17-33(27)45-39(41)32(23-42-45)36-24-48-25-37(43(36)5)38(46)35-21-28-12-9-10-15-34(28)44(35)26-47-18-19-50(6,7)8/h9-17,20-23,36-37H,18-19,24-26,41H2,1-8H3. The monoisotopic (exact) mass is 693 g/mol. The third-order valence-electron chi connectivity index (χ3n) is 9.64. The van der Waals surface area contributed by atoms with Crippen molar-refractivity contribution >= 4 is 30.6 Å². The fourth-order valence-electron chi connectivity index (χ4n) is 6.48. The van der Waals surface area contributed by atoms with Gasteiger partial charge in [0.15, 0.2) is 5.78 Å². The summed E-state index contributed by atoms with van der Waals surface area (Å²) in [5, 5.41) is 5.72. The lowest BCUT2D eigenvalue weighted by molar-refractivity contribution is -0.0281. The number of morpholine rings is 1. The third kappa shape index (κ3) is 7.58. The number of ketones is 1. The van der Waals surface area contributed by atoms with Crippen molar-refractivity contribution in [1.29, 1.82) is 0 Å². The first kappa shape index (κ1) is 35.6. The average Bonchev–Trinajstić information content (AvgIpc) is 3.62. The highest BCUT2D eigenvalue weighted by Gasteiger charge is 2.37. The molecular weight excluding hydrogens is 643 g/mol. The largest absolute Gasteiger partial charge is 0.457 e. The van der Waals surface area contributed by atoms with E-state index in [-0.39, 0.29) is 23.8 Å². The van der Waals surface area contributed by atoms with E-state index < -0.39 is 14.1 Å². The number of carbonyl (C=O) groups is 1. The summed E-state index contributed by atoms with van der Waals surface area (Å²) < 4.78 is 22.2. The fourth-order valence-corrected chi connectivity index (χ4v) is 7.24. The molecule has 0 spiro atoms. The van der Waals surface area contributed by atoms with Gasteiger partial charge in [0.05, 0.1) is 48.4 Å². The summed E-state index contributed by atoms with van der Waals surface area (Å²) in [6, 6.07) is 24.5. The van der Waals surface area contributed by atoms with Crippen molar-refractivity contribution in [2.24, 2.45) is 0 Å². The maximum absolute atomic E-state index is 14.3. The first-order valence-corrected chi connectivity index (χ1v) is 21.1. The van der Waals surface area contributed by atoms with Crippen LogP contribution in [0.5, 0.6) is 11.5 Å². The van der Waals surface area contributed by atoms with Crippen LogP contribution in [0.2, 0.25) is 25.7 Å². The number of aromatic nitrogens is 3. The number of nitrogens with two attached hydrogens (primary N) is 1. The van der Waals surface area contributed by atoms with Gasteiger partial charge in [-0.15, -0.1) is 0 Å². The number of benzene rings is 3. The Morgan fingerprint density at radius 1 is 1.00 bits per heavy atom. The van der Waals surface area contributed by atoms with Crippen molar-refractivity contribution in [1.82, 2.24) is 19.2 Å². The van der Waals surface area contributed by atoms with Gasteiger partial charge < -0.3 is 24.5 Å². The van der Waals surface area contributed by atoms with Crippen LogP contribution in [-0.2, 0) is 21.6 Å². The Morgan fingerprint density at radius 3 is 2.50 bits per heavy atom. The van der Waals surface area contributed by atoms with E-state index >= 15 is 0 Å². The Bertz CT molecular complexity index is 1990. The van der Waals surface area contributed by atoms with E-state index in [1.165, 1.54) is 5.56 Å². The second kappa shape index (κ2) is 14.2. The first-order valence-electron chi connectivity index (χ1n) is 17.4. The van der Waals surface area contributed by atoms with Crippen LogP contribution in [0.15, 0.2) is 79.0 Å². The van der Waals surface area contributed by atoms with Gasteiger partial charge in [-0.1, -0.05) is 70.7 Å². The second-order valence-electron chi connectivity index (χ2n) is 15.7. The van der Waals surface area contributed by atoms with Gasteiger partial charge in [0.25, 0.3) is 0 Å². The molecule has 10 heteroatoms. The number of carbonyl (C=O) groups excluding carboxylic acids is 1. The van der Waals surface area contributed by atoms with Crippen molar-refractivity contribution in [2.45, 2.75) is 77.6 Å². The number of anilines is 1. The Morgan fingerprint density at radius 2 is 1.76 bits per heavy atom. The number of hydrogen-bond acceptors (Lipinski definition) is 7. The molecule has 9 nitrogen and oxygen atoms in total. The molecule has 1 saturated heterocycles. The lowest BCUT2D eigenvalue weighted by Gasteiger charge is -2.38. The zero-order chi connectivity index (χ0) is 35.8. The quantitative estimate of drug-likeness (QED) is 0.0844. The molecule has 50 heavy (non-hydrogen) atoms. The number of Topliss-reactive ketones (excluding diaryl/α,β-unsaturated/α-hetero) is 1. The summed E-state index contributed by atoms with van der Waals surface area (Å²) in [5.74, 6) is 2.04. The topological polar surface area (TPSA) is 96.8 Å². The molecule has 5 aromatic rings. The van der Waals surface area contributed by atoms with Gasteiger partial charge in [0, 0.05) is 25.6 Å². The summed E-state index contributed by atoms with van der Waals surface area (Å²) in [6.45, 7) is 17.3. The van der Waals surface area contributed by atoms with Crippen LogP contribution in [0.1, 0.15) is 54.0 Å². The van der Waals surface area contributed by atoms with Crippen LogP contribution in [0.3, 0.4) is 0 Å². The first-order chi connectivity index (χ1) is 23.7. The van der Waals surface area contributed by atoms with Gasteiger partial charge in [-0.25, -0.2) is 4.68 Å². The predicted molar refractivity (Wildman–Crippen MR) is 203 cm³/mol. The molecule has 0 radical (unpaired) electrons. The number of nitrogens with zero attached hydrogens (tertiary/aromatic N) is 4. The Hall–Kier alpha value is -4.22. The zero-order valence-electron chi connectivity index (χ0n) is 30.7. The highest BCUT2D eigenvalue weighted by atomic mass is 28.3. The lowest BCUT2D eigenvalue weighted by atomic mass is 9.87. The molecular formula is C40H51N5O4Si. The van der Waals surface area contributed by atoms with Crippen molar-refractivity contribution in [2.75, 3.05) is 32.6 Å². The number of fused-ring (bicyclic) bond motifs is 1. The van der Waals surface area contributed by atoms with Crippen LogP contribution in [0.4, 0.5) is 5.82 Å². The summed E-state index contributed by atoms with van der Waals surface area (Å²) >= 11 is 0. The van der Waals surface area contributed by atoms with Gasteiger partial charge in [-0.05, 0) is 79.0 Å². The molecule has 2 unspecified atom stereocenters. The molecule has 3 aromatic carbocycles. The lowest BCUT2D eigenvalue weighted by Crippen LogP contribution is -2.49. The van der Waals surface area contributed by atoms with Gasteiger partial charge in [0.2, 0.25) is 0 Å². The molecule has 2 aromatic heterocycles. The number of rotatable bonds is 11. The molecule has 2 atom stereocenters. The molecule has 2 N–H and O–H groups in total. The van der Waals surface area contributed by atoms with Crippen molar-refractivity contribution in [3.8, 4) is 17.2 Å².